The number of benzene rings is 1. The van der Waals surface area contributed by atoms with E-state index in [2.05, 4.69) is 0 Å². The minimum atomic E-state index is -0.537. The number of halogens is 1. The van der Waals surface area contributed by atoms with E-state index in [1.165, 1.54) is 12.1 Å². The van der Waals surface area contributed by atoms with Gasteiger partial charge in [0.1, 0.15) is 0 Å². The van der Waals surface area contributed by atoms with Crippen LogP contribution in [0.2, 0.25) is 5.02 Å². The Kier molecular flexibility index (Phi) is 3.00. The molecule has 13 heavy (non-hydrogen) atoms. The number of carbonyl (C=O) groups excluding carboxylic acids is 2. The maximum Gasteiger partial charge on any atom is 0.265 e. The average molecular weight is 199 g/mol. The van der Waals surface area contributed by atoms with Crippen molar-refractivity contribution in [3.8, 4) is 0 Å². The number of amides is 1. The number of nitrogen functional groups attached to an aromatic ring is 1. The first kappa shape index (κ1) is 9.70. The molecule has 0 aliphatic rings. The first-order valence-corrected chi connectivity index (χ1v) is 3.83. The van der Waals surface area contributed by atoms with Gasteiger partial charge in [-0.25, -0.2) is 5.84 Å². The van der Waals surface area contributed by atoms with E-state index in [1.54, 1.807) is 6.07 Å². The molecule has 0 fully saturated rings. The Morgan fingerprint density at radius 2 is 2.23 bits per heavy atom. The van der Waals surface area contributed by atoms with E-state index < -0.39 is 5.91 Å². The van der Waals surface area contributed by atoms with Crippen molar-refractivity contribution in [3.05, 3.63) is 34.3 Å². The Morgan fingerprint density at radius 3 is 2.77 bits per heavy atom. The molecule has 0 saturated heterocycles. The maximum atomic E-state index is 11.1. The van der Waals surface area contributed by atoms with Gasteiger partial charge in [0, 0.05) is 5.56 Å². The highest BCUT2D eigenvalue weighted by molar-refractivity contribution is 6.33. The predicted octanol–water partition coefficient (Wildman–Crippen LogP) is 0.756. The zero-order chi connectivity index (χ0) is 9.84. The molecule has 1 amide bonds. The van der Waals surface area contributed by atoms with Crippen molar-refractivity contribution in [1.82, 2.24) is 5.43 Å². The van der Waals surface area contributed by atoms with Crippen LogP contribution in [-0.4, -0.2) is 12.2 Å². The maximum absolute atomic E-state index is 11.1. The fourth-order valence-corrected chi connectivity index (χ4v) is 1.15. The molecule has 0 aromatic heterocycles. The summed E-state index contributed by atoms with van der Waals surface area (Å²) in [5, 5.41) is 0.233. The van der Waals surface area contributed by atoms with E-state index in [0.717, 1.165) is 0 Å². The van der Waals surface area contributed by atoms with Crippen LogP contribution in [0.15, 0.2) is 18.2 Å². The molecule has 0 atom stereocenters. The molecule has 0 aliphatic heterocycles. The van der Waals surface area contributed by atoms with Crippen molar-refractivity contribution >= 4 is 23.8 Å². The summed E-state index contributed by atoms with van der Waals surface area (Å²) in [4.78, 5) is 21.7. The number of aldehydes is 1. The lowest BCUT2D eigenvalue weighted by molar-refractivity contribution is 0.0948. The highest BCUT2D eigenvalue weighted by atomic mass is 35.5. The van der Waals surface area contributed by atoms with Gasteiger partial charge >= 0.3 is 0 Å². The van der Waals surface area contributed by atoms with Gasteiger partial charge in [0.2, 0.25) is 0 Å². The molecular weight excluding hydrogens is 192 g/mol. The molecule has 0 aliphatic carbocycles. The fraction of sp³-hybridized carbons (Fsp3) is 0. The molecule has 0 unspecified atom stereocenters. The van der Waals surface area contributed by atoms with Gasteiger partial charge in [-0.15, -0.1) is 0 Å². The van der Waals surface area contributed by atoms with Crippen LogP contribution in [0, 0.1) is 0 Å². The first-order chi connectivity index (χ1) is 6.20. The Morgan fingerprint density at radius 1 is 1.54 bits per heavy atom. The zero-order valence-electron chi connectivity index (χ0n) is 6.58. The van der Waals surface area contributed by atoms with Crippen LogP contribution in [0.3, 0.4) is 0 Å². The summed E-state index contributed by atoms with van der Waals surface area (Å²) in [6.45, 7) is 0. The number of hydrogen-bond donors (Lipinski definition) is 2. The molecule has 0 heterocycles. The molecule has 3 N–H and O–H groups in total. The number of nitrogens with one attached hydrogen (secondary N) is 1. The smallest absolute Gasteiger partial charge is 0.265 e. The van der Waals surface area contributed by atoms with Gasteiger partial charge in [0.05, 0.1) is 10.6 Å². The minimum Gasteiger partial charge on any atom is -0.298 e. The lowest BCUT2D eigenvalue weighted by Gasteiger charge is -2.03. The monoisotopic (exact) mass is 198 g/mol. The third-order valence-electron chi connectivity index (χ3n) is 1.55. The van der Waals surface area contributed by atoms with E-state index >= 15 is 0 Å². The van der Waals surface area contributed by atoms with Gasteiger partial charge in [0.15, 0.2) is 6.29 Å². The van der Waals surface area contributed by atoms with Crippen LogP contribution in [-0.2, 0) is 0 Å². The van der Waals surface area contributed by atoms with Crippen molar-refractivity contribution < 1.29 is 9.59 Å². The van der Waals surface area contributed by atoms with E-state index in [4.69, 9.17) is 17.4 Å². The molecular formula is C8H7ClN2O2. The van der Waals surface area contributed by atoms with E-state index in [-0.39, 0.29) is 16.1 Å². The summed E-state index contributed by atoms with van der Waals surface area (Å²) < 4.78 is 0. The van der Waals surface area contributed by atoms with Crippen molar-refractivity contribution in [3.63, 3.8) is 0 Å². The number of hydrogen-bond acceptors (Lipinski definition) is 3. The van der Waals surface area contributed by atoms with Crippen LogP contribution in [0.4, 0.5) is 0 Å². The lowest BCUT2D eigenvalue weighted by Crippen LogP contribution is -2.30. The lowest BCUT2D eigenvalue weighted by atomic mass is 10.1. The standard InChI is InChI=1S/C8H7ClN2O2/c9-7-3-1-2-5(6(7)4-12)8(13)11-10/h1-4H,10H2,(H,11,13). The summed E-state index contributed by atoms with van der Waals surface area (Å²) in [5.41, 5.74) is 2.24. The highest BCUT2D eigenvalue weighted by Gasteiger charge is 2.11. The summed E-state index contributed by atoms with van der Waals surface area (Å²) >= 11 is 5.68. The number of nitrogens with two attached hydrogens (primary N) is 1. The first-order valence-electron chi connectivity index (χ1n) is 3.45. The molecule has 1 rings (SSSR count). The molecule has 0 bridgehead atoms. The SMILES string of the molecule is NNC(=O)c1cccc(Cl)c1C=O. The van der Waals surface area contributed by atoms with Crippen molar-refractivity contribution in [2.75, 3.05) is 0 Å². The van der Waals surface area contributed by atoms with Gasteiger partial charge in [-0.05, 0) is 12.1 Å². The average Bonchev–Trinajstić information content (AvgIpc) is 2.16. The Labute approximate surface area is 79.6 Å². The van der Waals surface area contributed by atoms with Gasteiger partial charge in [-0.2, -0.15) is 0 Å². The second-order valence-electron chi connectivity index (χ2n) is 2.29. The topological polar surface area (TPSA) is 72.2 Å². The molecule has 68 valence electrons. The molecule has 0 saturated carbocycles. The van der Waals surface area contributed by atoms with Crippen LogP contribution in [0.1, 0.15) is 20.7 Å². The van der Waals surface area contributed by atoms with E-state index in [0.29, 0.717) is 6.29 Å². The Balaban J connectivity index is 3.28. The third-order valence-corrected chi connectivity index (χ3v) is 1.88. The summed E-state index contributed by atoms with van der Waals surface area (Å²) in [6, 6.07) is 4.57. The van der Waals surface area contributed by atoms with Crippen molar-refractivity contribution in [1.29, 1.82) is 0 Å². The second kappa shape index (κ2) is 4.02. The summed E-state index contributed by atoms with van der Waals surface area (Å²) in [6.07, 6.45) is 0.521. The Bertz CT molecular complexity index is 352. The largest absolute Gasteiger partial charge is 0.298 e. The van der Waals surface area contributed by atoms with Gasteiger partial charge in [0.25, 0.3) is 5.91 Å². The highest BCUT2D eigenvalue weighted by Crippen LogP contribution is 2.17. The molecule has 4 nitrogen and oxygen atoms in total. The molecule has 0 radical (unpaired) electrons. The predicted molar refractivity (Wildman–Crippen MR) is 48.5 cm³/mol. The summed E-state index contributed by atoms with van der Waals surface area (Å²) in [5.74, 6) is 4.38. The van der Waals surface area contributed by atoms with Crippen LogP contribution in [0.5, 0.6) is 0 Å². The third kappa shape index (κ3) is 1.85. The number of hydrazine groups is 1. The molecule has 5 heteroatoms. The Hall–Kier alpha value is -1.39. The van der Waals surface area contributed by atoms with Crippen LogP contribution >= 0.6 is 11.6 Å². The van der Waals surface area contributed by atoms with Crippen molar-refractivity contribution in [2.24, 2.45) is 5.84 Å². The molecule has 1 aromatic carbocycles. The normalized spacial score (nSPS) is 9.38. The quantitative estimate of drug-likeness (QED) is 0.319. The molecule has 1 aromatic rings. The number of carbonyl (C=O) groups is 2. The minimum absolute atomic E-state index is 0.145. The summed E-state index contributed by atoms with van der Waals surface area (Å²) in [7, 11) is 0. The van der Waals surface area contributed by atoms with E-state index in [1.807, 2.05) is 5.43 Å². The fourth-order valence-electron chi connectivity index (χ4n) is 0.933. The van der Waals surface area contributed by atoms with Crippen LogP contribution < -0.4 is 11.3 Å². The van der Waals surface area contributed by atoms with Crippen molar-refractivity contribution in [2.45, 2.75) is 0 Å². The van der Waals surface area contributed by atoms with E-state index in [9.17, 15) is 9.59 Å². The van der Waals surface area contributed by atoms with Gasteiger partial charge < -0.3 is 0 Å². The van der Waals surface area contributed by atoms with Crippen LogP contribution in [0.25, 0.3) is 0 Å². The van der Waals surface area contributed by atoms with Gasteiger partial charge in [-0.1, -0.05) is 17.7 Å². The number of rotatable bonds is 2. The second-order valence-corrected chi connectivity index (χ2v) is 2.70. The zero-order valence-corrected chi connectivity index (χ0v) is 7.34. The van der Waals surface area contributed by atoms with Gasteiger partial charge in [-0.3, -0.25) is 15.0 Å². The molecule has 0 spiro atoms.